The quantitative estimate of drug-likeness (QED) is 0.708. The maximum Gasteiger partial charge on any atom is 0.266 e. The molecule has 0 aliphatic heterocycles. The van der Waals surface area contributed by atoms with Gasteiger partial charge in [0.25, 0.3) is 5.56 Å². The maximum absolute atomic E-state index is 11.2. The lowest BCUT2D eigenvalue weighted by molar-refractivity contribution is 0.677. The number of aromatic amines is 1. The lowest BCUT2D eigenvalue weighted by Crippen LogP contribution is -2.29. The number of nitrogens with one attached hydrogen (secondary N) is 2. The topological polar surface area (TPSA) is 83.8 Å². The van der Waals surface area contributed by atoms with Gasteiger partial charge in [0.05, 0.1) is 6.33 Å². The molecule has 78 valence electrons. The minimum atomic E-state index is -0.131. The molecule has 0 aromatic carbocycles. The molecule has 1 unspecified atom stereocenters. The van der Waals surface area contributed by atoms with Gasteiger partial charge in [-0.25, -0.2) is 4.98 Å². The summed E-state index contributed by atoms with van der Waals surface area (Å²) in [6.45, 7) is 2.64. The standard InChI is InChI=1S/C8H13IN4O/c1-2-5(10)3-11-7-6(9)8(14)13-4-12-7/h4-5H,2-3,10H2,1H3,(H2,11,12,13,14). The van der Waals surface area contributed by atoms with Gasteiger partial charge >= 0.3 is 0 Å². The fourth-order valence-electron chi connectivity index (χ4n) is 0.878. The van der Waals surface area contributed by atoms with E-state index in [1.54, 1.807) is 0 Å². The predicted octanol–water partition coefficient (Wildman–Crippen LogP) is 0.524. The predicted molar refractivity (Wildman–Crippen MR) is 64.3 cm³/mol. The highest BCUT2D eigenvalue weighted by molar-refractivity contribution is 14.1. The van der Waals surface area contributed by atoms with Crippen LogP contribution in [0.1, 0.15) is 13.3 Å². The van der Waals surface area contributed by atoms with E-state index < -0.39 is 0 Å². The first-order valence-corrected chi connectivity index (χ1v) is 5.45. The van der Waals surface area contributed by atoms with Crippen molar-refractivity contribution < 1.29 is 0 Å². The number of anilines is 1. The molecule has 1 atom stereocenters. The Bertz CT molecular complexity index is 351. The van der Waals surface area contributed by atoms with Crippen LogP contribution in [-0.4, -0.2) is 22.6 Å². The van der Waals surface area contributed by atoms with Crippen LogP contribution in [0, 0.1) is 3.57 Å². The number of nitrogens with two attached hydrogens (primary N) is 1. The van der Waals surface area contributed by atoms with Crippen LogP contribution in [0.4, 0.5) is 5.82 Å². The number of aromatic nitrogens is 2. The van der Waals surface area contributed by atoms with Crippen LogP contribution in [0.15, 0.2) is 11.1 Å². The molecule has 0 fully saturated rings. The molecule has 1 aromatic rings. The third kappa shape index (κ3) is 2.95. The molecule has 0 saturated carbocycles. The number of H-pyrrole nitrogens is 1. The van der Waals surface area contributed by atoms with Crippen LogP contribution >= 0.6 is 22.6 Å². The van der Waals surface area contributed by atoms with E-state index in [0.29, 0.717) is 15.9 Å². The fraction of sp³-hybridized carbons (Fsp3) is 0.500. The van der Waals surface area contributed by atoms with Crippen LogP contribution in [-0.2, 0) is 0 Å². The summed E-state index contributed by atoms with van der Waals surface area (Å²) >= 11 is 1.95. The normalized spacial score (nSPS) is 12.5. The largest absolute Gasteiger partial charge is 0.367 e. The van der Waals surface area contributed by atoms with Gasteiger partial charge in [0.15, 0.2) is 0 Å². The van der Waals surface area contributed by atoms with Gasteiger partial charge in [-0.2, -0.15) is 0 Å². The molecular weight excluding hydrogens is 295 g/mol. The molecule has 1 rings (SSSR count). The van der Waals surface area contributed by atoms with Crippen LogP contribution in [0.5, 0.6) is 0 Å². The molecular formula is C8H13IN4O. The van der Waals surface area contributed by atoms with Gasteiger partial charge < -0.3 is 16.0 Å². The molecule has 0 bridgehead atoms. The smallest absolute Gasteiger partial charge is 0.266 e. The Balaban J connectivity index is 2.68. The van der Waals surface area contributed by atoms with Gasteiger partial charge in [0.2, 0.25) is 0 Å². The van der Waals surface area contributed by atoms with Gasteiger partial charge in [-0.15, -0.1) is 0 Å². The lowest BCUT2D eigenvalue weighted by Gasteiger charge is -2.10. The zero-order valence-corrected chi connectivity index (χ0v) is 10.0. The number of rotatable bonds is 4. The molecule has 0 spiro atoms. The molecule has 4 N–H and O–H groups in total. The number of nitrogens with zero attached hydrogens (tertiary/aromatic N) is 1. The zero-order chi connectivity index (χ0) is 10.6. The van der Waals surface area contributed by atoms with Gasteiger partial charge in [-0.3, -0.25) is 4.79 Å². The van der Waals surface area contributed by atoms with Crippen LogP contribution in [0.25, 0.3) is 0 Å². The highest BCUT2D eigenvalue weighted by atomic mass is 127. The molecule has 0 aliphatic rings. The van der Waals surface area contributed by atoms with Crippen molar-refractivity contribution in [2.75, 3.05) is 11.9 Å². The van der Waals surface area contributed by atoms with Crippen molar-refractivity contribution >= 4 is 28.4 Å². The van der Waals surface area contributed by atoms with E-state index in [1.807, 2.05) is 29.5 Å². The fourth-order valence-corrected chi connectivity index (χ4v) is 1.36. The van der Waals surface area contributed by atoms with Crippen molar-refractivity contribution in [3.63, 3.8) is 0 Å². The van der Waals surface area contributed by atoms with Crippen LogP contribution in [0.2, 0.25) is 0 Å². The molecule has 1 heterocycles. The summed E-state index contributed by atoms with van der Waals surface area (Å²) in [5.41, 5.74) is 5.60. The third-order valence-electron chi connectivity index (χ3n) is 1.85. The minimum Gasteiger partial charge on any atom is -0.367 e. The Morgan fingerprint density at radius 1 is 1.79 bits per heavy atom. The second-order valence-electron chi connectivity index (χ2n) is 2.94. The Morgan fingerprint density at radius 2 is 2.50 bits per heavy atom. The van der Waals surface area contributed by atoms with E-state index in [1.165, 1.54) is 6.33 Å². The summed E-state index contributed by atoms with van der Waals surface area (Å²) in [6.07, 6.45) is 2.27. The summed E-state index contributed by atoms with van der Waals surface area (Å²) < 4.78 is 0.563. The third-order valence-corrected chi connectivity index (χ3v) is 2.85. The van der Waals surface area contributed by atoms with Crippen molar-refractivity contribution in [1.29, 1.82) is 0 Å². The van der Waals surface area contributed by atoms with Crippen molar-refractivity contribution in [2.45, 2.75) is 19.4 Å². The summed E-state index contributed by atoms with van der Waals surface area (Å²) in [5, 5.41) is 3.04. The number of halogens is 1. The molecule has 0 aliphatic carbocycles. The Labute approximate surface area is 95.6 Å². The van der Waals surface area contributed by atoms with Gasteiger partial charge in [-0.05, 0) is 29.0 Å². The van der Waals surface area contributed by atoms with E-state index in [2.05, 4.69) is 15.3 Å². The molecule has 0 radical (unpaired) electrons. The summed E-state index contributed by atoms with van der Waals surface area (Å²) in [7, 11) is 0. The van der Waals surface area contributed by atoms with E-state index in [4.69, 9.17) is 5.73 Å². The monoisotopic (exact) mass is 308 g/mol. The van der Waals surface area contributed by atoms with Gasteiger partial charge in [-0.1, -0.05) is 6.92 Å². The SMILES string of the molecule is CCC(N)CNc1nc[nH]c(=O)c1I. The van der Waals surface area contributed by atoms with Crippen LogP contribution < -0.4 is 16.6 Å². The van der Waals surface area contributed by atoms with Crippen molar-refractivity contribution in [1.82, 2.24) is 9.97 Å². The Morgan fingerprint density at radius 3 is 3.14 bits per heavy atom. The average Bonchev–Trinajstić information content (AvgIpc) is 2.20. The summed E-state index contributed by atoms with van der Waals surface area (Å²) in [4.78, 5) is 17.7. The lowest BCUT2D eigenvalue weighted by atomic mass is 10.2. The van der Waals surface area contributed by atoms with E-state index >= 15 is 0 Å². The molecule has 0 amide bonds. The number of hydrogen-bond acceptors (Lipinski definition) is 4. The minimum absolute atomic E-state index is 0.0897. The second-order valence-corrected chi connectivity index (χ2v) is 4.02. The molecule has 14 heavy (non-hydrogen) atoms. The van der Waals surface area contributed by atoms with Gasteiger partial charge in [0.1, 0.15) is 9.39 Å². The molecule has 6 heteroatoms. The summed E-state index contributed by atoms with van der Waals surface area (Å²) in [6, 6.07) is 0.0897. The highest BCUT2D eigenvalue weighted by Gasteiger charge is 2.05. The molecule has 5 nitrogen and oxygen atoms in total. The van der Waals surface area contributed by atoms with E-state index in [-0.39, 0.29) is 11.6 Å². The number of hydrogen-bond donors (Lipinski definition) is 3. The van der Waals surface area contributed by atoms with Crippen molar-refractivity contribution in [3.8, 4) is 0 Å². The highest BCUT2D eigenvalue weighted by Crippen LogP contribution is 2.08. The van der Waals surface area contributed by atoms with Crippen molar-refractivity contribution in [2.24, 2.45) is 5.73 Å². The van der Waals surface area contributed by atoms with Crippen LogP contribution in [0.3, 0.4) is 0 Å². The summed E-state index contributed by atoms with van der Waals surface area (Å²) in [5.74, 6) is 0.596. The average molecular weight is 308 g/mol. The first-order valence-electron chi connectivity index (χ1n) is 4.37. The van der Waals surface area contributed by atoms with Gasteiger partial charge in [0, 0.05) is 12.6 Å². The zero-order valence-electron chi connectivity index (χ0n) is 7.88. The second kappa shape index (κ2) is 5.30. The Kier molecular flexibility index (Phi) is 4.33. The first kappa shape index (κ1) is 11.4. The van der Waals surface area contributed by atoms with E-state index in [0.717, 1.165) is 6.42 Å². The molecule has 1 aromatic heterocycles. The maximum atomic E-state index is 11.2. The molecule has 0 saturated heterocycles. The Hall–Kier alpha value is -0.630. The van der Waals surface area contributed by atoms with Crippen molar-refractivity contribution in [3.05, 3.63) is 20.3 Å². The van der Waals surface area contributed by atoms with E-state index in [9.17, 15) is 4.79 Å². The first-order chi connectivity index (χ1) is 6.65.